The third-order valence-electron chi connectivity index (χ3n) is 5.46. The molecule has 8 heteroatoms. The van der Waals surface area contributed by atoms with Crippen molar-refractivity contribution < 1.29 is 19.2 Å². The Morgan fingerprint density at radius 1 is 1.33 bits per heavy atom. The number of carboxylic acid groups (broad SMARTS) is 1. The number of halogens is 1. The summed E-state index contributed by atoms with van der Waals surface area (Å²) in [6.07, 6.45) is 3.26. The lowest BCUT2D eigenvalue weighted by atomic mass is 9.77. The van der Waals surface area contributed by atoms with Crippen molar-refractivity contribution in [3.05, 3.63) is 34.9 Å². The van der Waals surface area contributed by atoms with Crippen LogP contribution in [0.3, 0.4) is 0 Å². The van der Waals surface area contributed by atoms with Crippen LogP contribution < -0.4 is 10.6 Å². The quantitative estimate of drug-likeness (QED) is 0.719. The van der Waals surface area contributed by atoms with Gasteiger partial charge in [-0.1, -0.05) is 16.8 Å². The molecule has 0 radical (unpaired) electrons. The van der Waals surface area contributed by atoms with E-state index in [1.54, 1.807) is 24.3 Å². The van der Waals surface area contributed by atoms with Crippen LogP contribution in [0.25, 0.3) is 11.3 Å². The number of carboxylic acids is 1. The minimum atomic E-state index is -1.09. The highest BCUT2D eigenvalue weighted by Gasteiger charge is 2.40. The van der Waals surface area contributed by atoms with Gasteiger partial charge in [-0.2, -0.15) is 0 Å². The first kappa shape index (κ1) is 18.3. The number of nitrogens with one attached hydrogen (secondary N) is 2. The molecule has 7 nitrogen and oxygen atoms in total. The summed E-state index contributed by atoms with van der Waals surface area (Å²) in [6, 6.07) is 6.78. The van der Waals surface area contributed by atoms with Gasteiger partial charge < -0.3 is 25.0 Å². The number of anilines is 1. The van der Waals surface area contributed by atoms with Gasteiger partial charge in [0.25, 0.3) is 0 Å². The number of piperidine rings is 1. The van der Waals surface area contributed by atoms with E-state index in [1.165, 1.54) is 0 Å². The molecule has 2 fully saturated rings. The Morgan fingerprint density at radius 3 is 2.78 bits per heavy atom. The van der Waals surface area contributed by atoms with Gasteiger partial charge in [-0.05, 0) is 62.0 Å². The Balaban J connectivity index is 1.46. The maximum atomic E-state index is 11.8. The zero-order chi connectivity index (χ0) is 18.9. The first-order chi connectivity index (χ1) is 13.1. The normalized spacial score (nSPS) is 21.4. The number of aromatic nitrogens is 1. The Hall–Kier alpha value is -2.09. The molecule has 3 heterocycles. The summed E-state index contributed by atoms with van der Waals surface area (Å²) in [5, 5.41) is 20.6. The molecule has 3 N–H and O–H groups in total. The zero-order valence-corrected chi connectivity index (χ0v) is 15.6. The average Bonchev–Trinajstić information content (AvgIpc) is 3.26. The van der Waals surface area contributed by atoms with Crippen molar-refractivity contribution in [3.8, 4) is 11.3 Å². The summed E-state index contributed by atoms with van der Waals surface area (Å²) < 4.78 is 11.3. The molecule has 144 valence electrons. The second-order valence-electron chi connectivity index (χ2n) is 7.32. The van der Waals surface area contributed by atoms with E-state index in [0.29, 0.717) is 17.1 Å². The van der Waals surface area contributed by atoms with Crippen molar-refractivity contribution in [1.82, 2.24) is 10.5 Å². The topological polar surface area (TPSA) is 96.6 Å². The molecule has 27 heavy (non-hydrogen) atoms. The molecule has 1 spiro atoms. The van der Waals surface area contributed by atoms with Gasteiger partial charge in [0.1, 0.15) is 0 Å². The van der Waals surface area contributed by atoms with Crippen LogP contribution in [0.2, 0.25) is 5.02 Å². The third-order valence-corrected chi connectivity index (χ3v) is 5.71. The van der Waals surface area contributed by atoms with Crippen LogP contribution in [0, 0.1) is 5.41 Å². The fraction of sp³-hybridized carbons (Fsp3) is 0.474. The molecule has 1 aromatic carbocycles. The Labute approximate surface area is 162 Å². The van der Waals surface area contributed by atoms with Crippen molar-refractivity contribution in [2.45, 2.75) is 25.4 Å². The predicted octanol–water partition coefficient (Wildman–Crippen LogP) is 3.26. The van der Waals surface area contributed by atoms with E-state index in [1.807, 2.05) is 0 Å². The molecule has 0 bridgehead atoms. The summed E-state index contributed by atoms with van der Waals surface area (Å²) >= 11 is 5.90. The maximum absolute atomic E-state index is 11.8. The molecule has 0 saturated carbocycles. The first-order valence-electron chi connectivity index (χ1n) is 9.11. The standard InChI is InChI=1S/C19H22ClN3O4/c20-13-3-1-12(2-4-13)16-15(18(24)25)17(23-27-16)22-10-14-9-19(11-26-14)5-7-21-8-6-19/h1-4,14,21H,5-11H2,(H,22,23)(H,24,25). The smallest absolute Gasteiger partial charge is 0.343 e. The zero-order valence-electron chi connectivity index (χ0n) is 14.8. The van der Waals surface area contributed by atoms with Crippen LogP contribution in [0.1, 0.15) is 29.6 Å². The minimum absolute atomic E-state index is 0.0203. The van der Waals surface area contributed by atoms with E-state index < -0.39 is 5.97 Å². The van der Waals surface area contributed by atoms with Crippen LogP contribution in [-0.4, -0.2) is 48.6 Å². The van der Waals surface area contributed by atoms with Crippen LogP contribution >= 0.6 is 11.6 Å². The van der Waals surface area contributed by atoms with Gasteiger partial charge in [-0.3, -0.25) is 0 Å². The number of ether oxygens (including phenoxy) is 1. The van der Waals surface area contributed by atoms with Crippen molar-refractivity contribution in [2.75, 3.05) is 31.6 Å². The summed E-state index contributed by atoms with van der Waals surface area (Å²) in [6.45, 7) is 3.32. The number of hydrogen-bond donors (Lipinski definition) is 3. The number of nitrogens with zero attached hydrogens (tertiary/aromatic N) is 1. The molecule has 2 saturated heterocycles. The van der Waals surface area contributed by atoms with E-state index >= 15 is 0 Å². The summed E-state index contributed by atoms with van der Waals surface area (Å²) in [7, 11) is 0. The molecular formula is C19H22ClN3O4. The molecule has 1 atom stereocenters. The molecule has 0 amide bonds. The second-order valence-corrected chi connectivity index (χ2v) is 7.75. The number of rotatable bonds is 5. The molecule has 1 aromatic heterocycles. The summed E-state index contributed by atoms with van der Waals surface area (Å²) in [5.74, 6) is -0.656. The molecule has 2 aromatic rings. The molecule has 2 aliphatic heterocycles. The first-order valence-corrected chi connectivity index (χ1v) is 9.49. The largest absolute Gasteiger partial charge is 0.477 e. The fourth-order valence-corrected chi connectivity index (χ4v) is 4.08. The fourth-order valence-electron chi connectivity index (χ4n) is 3.95. The van der Waals surface area contributed by atoms with Gasteiger partial charge in [-0.25, -0.2) is 4.79 Å². The van der Waals surface area contributed by atoms with Crippen LogP contribution in [0.15, 0.2) is 28.8 Å². The number of carbonyl (C=O) groups is 1. The summed E-state index contributed by atoms with van der Waals surface area (Å²) in [5.41, 5.74) is 0.890. The van der Waals surface area contributed by atoms with Crippen molar-refractivity contribution in [3.63, 3.8) is 0 Å². The highest BCUT2D eigenvalue weighted by Crippen LogP contribution is 2.40. The van der Waals surface area contributed by atoms with Gasteiger partial charge in [0.05, 0.1) is 12.7 Å². The van der Waals surface area contributed by atoms with E-state index in [-0.39, 0.29) is 28.7 Å². The van der Waals surface area contributed by atoms with E-state index in [4.69, 9.17) is 20.9 Å². The molecular weight excluding hydrogens is 370 g/mol. The average molecular weight is 392 g/mol. The SMILES string of the molecule is O=C(O)c1c(NCC2CC3(CCNCC3)CO2)noc1-c1ccc(Cl)cc1. The van der Waals surface area contributed by atoms with Gasteiger partial charge in [0.15, 0.2) is 17.1 Å². The molecule has 1 unspecified atom stereocenters. The van der Waals surface area contributed by atoms with E-state index in [9.17, 15) is 9.90 Å². The maximum Gasteiger partial charge on any atom is 0.343 e. The number of hydrogen-bond acceptors (Lipinski definition) is 6. The van der Waals surface area contributed by atoms with Gasteiger partial charge >= 0.3 is 5.97 Å². The molecule has 0 aliphatic carbocycles. The van der Waals surface area contributed by atoms with Gasteiger partial charge in [0, 0.05) is 17.1 Å². The van der Waals surface area contributed by atoms with Crippen molar-refractivity contribution in [1.29, 1.82) is 0 Å². The monoisotopic (exact) mass is 391 g/mol. The molecule has 2 aliphatic rings. The highest BCUT2D eigenvalue weighted by atomic mass is 35.5. The highest BCUT2D eigenvalue weighted by molar-refractivity contribution is 6.30. The molecule has 4 rings (SSSR count). The van der Waals surface area contributed by atoms with E-state index in [2.05, 4.69) is 15.8 Å². The van der Waals surface area contributed by atoms with Crippen molar-refractivity contribution >= 4 is 23.4 Å². The Morgan fingerprint density at radius 2 is 2.07 bits per heavy atom. The lowest BCUT2D eigenvalue weighted by Crippen LogP contribution is -2.37. The van der Waals surface area contributed by atoms with Gasteiger partial charge in [0.2, 0.25) is 0 Å². The van der Waals surface area contributed by atoms with Crippen molar-refractivity contribution in [2.24, 2.45) is 5.41 Å². The minimum Gasteiger partial charge on any atom is -0.477 e. The van der Waals surface area contributed by atoms with Gasteiger partial charge in [-0.15, -0.1) is 0 Å². The number of aromatic carboxylic acids is 1. The second kappa shape index (κ2) is 7.50. The predicted molar refractivity (Wildman–Crippen MR) is 101 cm³/mol. The Kier molecular flexibility index (Phi) is 5.08. The van der Waals surface area contributed by atoms with Crippen LogP contribution in [-0.2, 0) is 4.74 Å². The lowest BCUT2D eigenvalue weighted by Gasteiger charge is -2.32. The third kappa shape index (κ3) is 3.81. The van der Waals surface area contributed by atoms with Crippen LogP contribution in [0.4, 0.5) is 5.82 Å². The van der Waals surface area contributed by atoms with Crippen LogP contribution in [0.5, 0.6) is 0 Å². The summed E-state index contributed by atoms with van der Waals surface area (Å²) in [4.78, 5) is 11.8. The van der Waals surface area contributed by atoms with E-state index in [0.717, 1.165) is 39.0 Å². The number of benzene rings is 1. The lowest BCUT2D eigenvalue weighted by molar-refractivity contribution is 0.0697. The Bertz CT molecular complexity index is 815.